The number of phenolic OH excluding ortho intramolecular Hbond substituents is 1. The fourth-order valence-corrected chi connectivity index (χ4v) is 2.85. The van der Waals surface area contributed by atoms with Crippen molar-refractivity contribution < 1.29 is 13.5 Å². The van der Waals surface area contributed by atoms with Crippen molar-refractivity contribution in [1.82, 2.24) is 4.31 Å². The average Bonchev–Trinajstić information content (AvgIpc) is 2.23. The van der Waals surface area contributed by atoms with Crippen molar-refractivity contribution in [2.45, 2.75) is 20.8 Å². The van der Waals surface area contributed by atoms with Crippen LogP contribution in [0.4, 0.5) is 5.69 Å². The Kier molecular flexibility index (Phi) is 4.36. The summed E-state index contributed by atoms with van der Waals surface area (Å²) in [5.74, 6) is 0.119. The Hall–Kier alpha value is -1.27. The first-order valence-electron chi connectivity index (χ1n) is 5.48. The maximum absolute atomic E-state index is 12.0. The summed E-state index contributed by atoms with van der Waals surface area (Å²) in [5.41, 5.74) is 1.16. The fraction of sp³-hybridized carbons (Fsp3) is 0.455. The molecule has 0 saturated carbocycles. The number of anilines is 1. The Morgan fingerprint density at radius 3 is 2.35 bits per heavy atom. The largest absolute Gasteiger partial charge is 0.508 e. The number of hydrogen-bond acceptors (Lipinski definition) is 3. The van der Waals surface area contributed by atoms with Gasteiger partial charge in [0, 0.05) is 13.1 Å². The minimum absolute atomic E-state index is 0.119. The van der Waals surface area contributed by atoms with Crippen LogP contribution in [-0.2, 0) is 10.2 Å². The molecule has 1 aromatic carbocycles. The van der Waals surface area contributed by atoms with E-state index in [0.29, 0.717) is 24.3 Å². The maximum Gasteiger partial charge on any atom is 0.301 e. The number of rotatable bonds is 5. The molecule has 5 nitrogen and oxygen atoms in total. The Balaban J connectivity index is 2.98. The van der Waals surface area contributed by atoms with Crippen molar-refractivity contribution in [3.63, 3.8) is 0 Å². The van der Waals surface area contributed by atoms with Gasteiger partial charge in [-0.2, -0.15) is 12.7 Å². The Morgan fingerprint density at radius 1 is 1.29 bits per heavy atom. The number of benzene rings is 1. The van der Waals surface area contributed by atoms with E-state index in [4.69, 9.17) is 0 Å². The molecule has 0 unspecified atom stereocenters. The molecule has 0 heterocycles. The van der Waals surface area contributed by atoms with Crippen LogP contribution in [0.25, 0.3) is 0 Å². The topological polar surface area (TPSA) is 69.6 Å². The summed E-state index contributed by atoms with van der Waals surface area (Å²) < 4.78 is 27.7. The van der Waals surface area contributed by atoms with Crippen LogP contribution in [0, 0.1) is 6.92 Å². The molecule has 2 N–H and O–H groups in total. The summed E-state index contributed by atoms with van der Waals surface area (Å²) in [6.45, 7) is 6.14. The third kappa shape index (κ3) is 3.34. The van der Waals surface area contributed by atoms with Gasteiger partial charge in [-0.15, -0.1) is 0 Å². The normalized spacial score (nSPS) is 11.8. The zero-order chi connectivity index (χ0) is 13.1. The summed E-state index contributed by atoms with van der Waals surface area (Å²) in [5, 5.41) is 9.25. The standard InChI is InChI=1S/C11H18N2O3S/c1-4-13(5-2)17(15,16)12-11-7-6-10(14)8-9(11)3/h6-8,12,14H,4-5H2,1-3H3. The first kappa shape index (κ1) is 13.8. The van der Waals surface area contributed by atoms with Crippen LogP contribution in [0.5, 0.6) is 5.75 Å². The molecule has 0 fully saturated rings. The van der Waals surface area contributed by atoms with Crippen molar-refractivity contribution in [1.29, 1.82) is 0 Å². The maximum atomic E-state index is 12.0. The number of nitrogens with zero attached hydrogens (tertiary/aromatic N) is 1. The highest BCUT2D eigenvalue weighted by Crippen LogP contribution is 2.21. The number of nitrogens with one attached hydrogen (secondary N) is 1. The minimum atomic E-state index is -3.51. The molecule has 0 aromatic heterocycles. The van der Waals surface area contributed by atoms with Crippen molar-refractivity contribution in [2.75, 3.05) is 17.8 Å². The van der Waals surface area contributed by atoms with Gasteiger partial charge >= 0.3 is 10.2 Å². The van der Waals surface area contributed by atoms with Gasteiger partial charge in [-0.05, 0) is 30.7 Å². The summed E-state index contributed by atoms with van der Waals surface area (Å²) >= 11 is 0. The van der Waals surface area contributed by atoms with Gasteiger partial charge in [-0.1, -0.05) is 13.8 Å². The van der Waals surface area contributed by atoms with Gasteiger partial charge in [0.1, 0.15) is 5.75 Å². The summed E-state index contributed by atoms with van der Waals surface area (Å²) in [7, 11) is -3.51. The van der Waals surface area contributed by atoms with Gasteiger partial charge in [0.05, 0.1) is 5.69 Å². The summed E-state index contributed by atoms with van der Waals surface area (Å²) in [6.07, 6.45) is 0. The molecule has 1 rings (SSSR count). The van der Waals surface area contributed by atoms with E-state index in [1.54, 1.807) is 26.8 Å². The minimum Gasteiger partial charge on any atom is -0.508 e. The number of aromatic hydroxyl groups is 1. The molecule has 0 spiro atoms. The Labute approximate surface area is 102 Å². The molecule has 0 amide bonds. The molecular weight excluding hydrogens is 240 g/mol. The van der Waals surface area contributed by atoms with E-state index in [2.05, 4.69) is 4.72 Å². The molecule has 0 saturated heterocycles. The number of phenols is 1. The Morgan fingerprint density at radius 2 is 1.88 bits per heavy atom. The summed E-state index contributed by atoms with van der Waals surface area (Å²) in [6, 6.07) is 4.51. The quantitative estimate of drug-likeness (QED) is 0.790. The average molecular weight is 258 g/mol. The van der Waals surface area contributed by atoms with E-state index in [0.717, 1.165) is 0 Å². The zero-order valence-electron chi connectivity index (χ0n) is 10.3. The van der Waals surface area contributed by atoms with E-state index < -0.39 is 10.2 Å². The second-order valence-corrected chi connectivity index (χ2v) is 5.36. The molecule has 0 aliphatic heterocycles. The van der Waals surface area contributed by atoms with Crippen LogP contribution in [0.3, 0.4) is 0 Å². The molecule has 0 atom stereocenters. The lowest BCUT2D eigenvalue weighted by molar-refractivity contribution is 0.449. The predicted molar refractivity (Wildman–Crippen MR) is 68.3 cm³/mol. The van der Waals surface area contributed by atoms with Gasteiger partial charge in [0.25, 0.3) is 0 Å². The first-order chi connectivity index (χ1) is 7.90. The molecule has 0 bridgehead atoms. The van der Waals surface area contributed by atoms with E-state index in [1.807, 2.05) is 0 Å². The lowest BCUT2D eigenvalue weighted by Crippen LogP contribution is -2.35. The summed E-state index contributed by atoms with van der Waals surface area (Å²) in [4.78, 5) is 0. The Bertz CT molecular complexity index is 481. The van der Waals surface area contributed by atoms with Crippen molar-refractivity contribution in [2.24, 2.45) is 0 Å². The highest BCUT2D eigenvalue weighted by molar-refractivity contribution is 7.90. The van der Waals surface area contributed by atoms with Gasteiger partial charge in [-0.3, -0.25) is 4.72 Å². The number of hydrogen-bond donors (Lipinski definition) is 2. The molecule has 6 heteroatoms. The molecule has 0 aliphatic rings. The van der Waals surface area contributed by atoms with Crippen LogP contribution in [-0.4, -0.2) is 30.9 Å². The fourth-order valence-electron chi connectivity index (χ4n) is 1.53. The first-order valence-corrected chi connectivity index (χ1v) is 6.92. The van der Waals surface area contributed by atoms with Gasteiger partial charge in [0.15, 0.2) is 0 Å². The molecule has 0 aliphatic carbocycles. The third-order valence-electron chi connectivity index (χ3n) is 2.49. The van der Waals surface area contributed by atoms with Crippen LogP contribution >= 0.6 is 0 Å². The highest BCUT2D eigenvalue weighted by Gasteiger charge is 2.18. The van der Waals surface area contributed by atoms with Crippen LogP contribution in [0.2, 0.25) is 0 Å². The van der Waals surface area contributed by atoms with Crippen molar-refractivity contribution >= 4 is 15.9 Å². The molecule has 96 valence electrons. The molecular formula is C11H18N2O3S. The second kappa shape index (κ2) is 5.37. The lowest BCUT2D eigenvalue weighted by Gasteiger charge is -2.20. The lowest BCUT2D eigenvalue weighted by atomic mass is 10.2. The number of aryl methyl sites for hydroxylation is 1. The molecule has 0 radical (unpaired) electrons. The SMILES string of the molecule is CCN(CC)S(=O)(=O)Nc1ccc(O)cc1C. The van der Waals surface area contributed by atoms with Crippen molar-refractivity contribution in [3.05, 3.63) is 23.8 Å². The van der Waals surface area contributed by atoms with E-state index in [9.17, 15) is 13.5 Å². The van der Waals surface area contributed by atoms with Crippen LogP contribution in [0.1, 0.15) is 19.4 Å². The monoisotopic (exact) mass is 258 g/mol. The van der Waals surface area contributed by atoms with Crippen LogP contribution in [0.15, 0.2) is 18.2 Å². The van der Waals surface area contributed by atoms with Crippen LogP contribution < -0.4 is 4.72 Å². The second-order valence-electron chi connectivity index (χ2n) is 3.69. The van der Waals surface area contributed by atoms with Gasteiger partial charge < -0.3 is 5.11 Å². The zero-order valence-corrected chi connectivity index (χ0v) is 11.1. The van der Waals surface area contributed by atoms with E-state index in [-0.39, 0.29) is 5.75 Å². The van der Waals surface area contributed by atoms with E-state index >= 15 is 0 Å². The van der Waals surface area contributed by atoms with Gasteiger partial charge in [0.2, 0.25) is 0 Å². The van der Waals surface area contributed by atoms with Gasteiger partial charge in [-0.25, -0.2) is 0 Å². The van der Waals surface area contributed by atoms with Crippen molar-refractivity contribution in [3.8, 4) is 5.75 Å². The smallest absolute Gasteiger partial charge is 0.301 e. The predicted octanol–water partition coefficient (Wildman–Crippen LogP) is 1.70. The third-order valence-corrected chi connectivity index (χ3v) is 4.17. The molecule has 1 aromatic rings. The molecule has 17 heavy (non-hydrogen) atoms. The highest BCUT2D eigenvalue weighted by atomic mass is 32.2. The van der Waals surface area contributed by atoms with E-state index in [1.165, 1.54) is 16.4 Å².